The van der Waals surface area contributed by atoms with Crippen molar-refractivity contribution in [3.63, 3.8) is 0 Å². The average molecular weight is 446 g/mol. The van der Waals surface area contributed by atoms with Crippen molar-refractivity contribution in [3.8, 4) is 5.75 Å². The Bertz CT molecular complexity index is 993. The van der Waals surface area contributed by atoms with Gasteiger partial charge in [0.1, 0.15) is 5.75 Å². The second-order valence-electron chi connectivity index (χ2n) is 8.34. The first-order valence-corrected chi connectivity index (χ1v) is 10.2. The van der Waals surface area contributed by atoms with Gasteiger partial charge in [0.25, 0.3) is 5.91 Å². The highest BCUT2D eigenvalue weighted by atomic mass is 35.5. The molecule has 0 atom stereocenters. The molecule has 164 valence electrons. The number of carbonyl (C=O) groups excluding carboxylic acids is 1. The minimum atomic E-state index is -1.10. The van der Waals surface area contributed by atoms with E-state index in [1.54, 1.807) is 49.5 Å². The van der Waals surface area contributed by atoms with Crippen LogP contribution in [0.1, 0.15) is 38.1 Å². The Hall–Kier alpha value is -2.55. The van der Waals surface area contributed by atoms with Crippen LogP contribution in [0.5, 0.6) is 5.75 Å². The summed E-state index contributed by atoms with van der Waals surface area (Å²) >= 11 is 6.40. The fourth-order valence-electron chi connectivity index (χ4n) is 3.13. The van der Waals surface area contributed by atoms with Gasteiger partial charge < -0.3 is 24.1 Å². The Morgan fingerprint density at radius 3 is 2.32 bits per heavy atom. The maximum Gasteiger partial charge on any atom is 0.496 e. The van der Waals surface area contributed by atoms with Crippen LogP contribution >= 0.6 is 11.6 Å². The quantitative estimate of drug-likeness (QED) is 0.686. The zero-order chi connectivity index (χ0) is 23.0. The van der Waals surface area contributed by atoms with Crippen LogP contribution in [0.3, 0.4) is 0 Å². The third-order valence-electron chi connectivity index (χ3n) is 5.63. The van der Waals surface area contributed by atoms with Crippen molar-refractivity contribution >= 4 is 41.7 Å². The molecule has 1 amide bonds. The van der Waals surface area contributed by atoms with Crippen LogP contribution in [-0.4, -0.2) is 49.0 Å². The SMILES string of the molecule is CN(C(=O)c1ccc(Cl)c(B2OC(C)(C)C(C)(C)O2)c1)c1ccccc1OCC(=O)O. The molecular weight excluding hydrogens is 421 g/mol. The van der Waals surface area contributed by atoms with Gasteiger partial charge in [-0.25, -0.2) is 4.79 Å². The highest BCUT2D eigenvalue weighted by Gasteiger charge is 2.52. The first-order valence-electron chi connectivity index (χ1n) is 9.80. The summed E-state index contributed by atoms with van der Waals surface area (Å²) in [7, 11) is 0.885. The Balaban J connectivity index is 1.89. The van der Waals surface area contributed by atoms with Gasteiger partial charge in [-0.3, -0.25) is 4.79 Å². The number of amides is 1. The molecule has 1 fully saturated rings. The van der Waals surface area contributed by atoms with Crippen LogP contribution in [0.2, 0.25) is 5.02 Å². The number of anilines is 1. The van der Waals surface area contributed by atoms with E-state index in [0.717, 1.165) is 0 Å². The third-order valence-corrected chi connectivity index (χ3v) is 5.98. The van der Waals surface area contributed by atoms with Gasteiger partial charge in [0.05, 0.1) is 16.9 Å². The topological polar surface area (TPSA) is 85.3 Å². The van der Waals surface area contributed by atoms with E-state index in [9.17, 15) is 9.59 Å². The number of para-hydroxylation sites is 2. The molecular formula is C22H25BClNO6. The van der Waals surface area contributed by atoms with E-state index in [1.807, 2.05) is 27.7 Å². The molecule has 1 aliphatic rings. The summed E-state index contributed by atoms with van der Waals surface area (Å²) in [6.07, 6.45) is 0. The molecule has 0 aliphatic carbocycles. The van der Waals surface area contributed by atoms with Crippen molar-refractivity contribution in [2.24, 2.45) is 0 Å². The van der Waals surface area contributed by atoms with E-state index >= 15 is 0 Å². The number of halogens is 1. The minimum absolute atomic E-state index is 0.292. The average Bonchev–Trinajstić information content (AvgIpc) is 2.92. The monoisotopic (exact) mass is 445 g/mol. The molecule has 2 aromatic carbocycles. The molecule has 2 aromatic rings. The highest BCUT2D eigenvalue weighted by Crippen LogP contribution is 2.37. The molecule has 1 heterocycles. The number of rotatable bonds is 6. The van der Waals surface area contributed by atoms with Crippen LogP contribution in [0.15, 0.2) is 42.5 Å². The van der Waals surface area contributed by atoms with Crippen molar-refractivity contribution in [1.29, 1.82) is 0 Å². The van der Waals surface area contributed by atoms with Gasteiger partial charge in [0, 0.05) is 23.1 Å². The van der Waals surface area contributed by atoms with Crippen LogP contribution in [0.4, 0.5) is 5.69 Å². The highest BCUT2D eigenvalue weighted by molar-refractivity contribution is 6.65. The van der Waals surface area contributed by atoms with E-state index in [0.29, 0.717) is 27.5 Å². The van der Waals surface area contributed by atoms with Crippen LogP contribution in [0, 0.1) is 0 Å². The molecule has 0 bridgehead atoms. The van der Waals surface area contributed by atoms with Crippen LogP contribution < -0.4 is 15.1 Å². The van der Waals surface area contributed by atoms with E-state index in [4.69, 9.17) is 30.8 Å². The minimum Gasteiger partial charge on any atom is -0.480 e. The number of aliphatic carboxylic acids is 1. The molecule has 0 radical (unpaired) electrons. The maximum absolute atomic E-state index is 13.2. The lowest BCUT2D eigenvalue weighted by Gasteiger charge is -2.32. The first-order chi connectivity index (χ1) is 14.4. The molecule has 1 aliphatic heterocycles. The summed E-state index contributed by atoms with van der Waals surface area (Å²) in [6.45, 7) is 7.26. The van der Waals surface area contributed by atoms with Crippen molar-refractivity contribution in [1.82, 2.24) is 0 Å². The predicted molar refractivity (Wildman–Crippen MR) is 119 cm³/mol. The van der Waals surface area contributed by atoms with Crippen LogP contribution in [0.25, 0.3) is 0 Å². The Kier molecular flexibility index (Phi) is 6.36. The molecule has 31 heavy (non-hydrogen) atoms. The fourth-order valence-corrected chi connectivity index (χ4v) is 3.33. The fraction of sp³-hybridized carbons (Fsp3) is 0.364. The summed E-state index contributed by atoms with van der Waals surface area (Å²) in [4.78, 5) is 25.4. The molecule has 1 N–H and O–H groups in total. The number of hydrogen-bond acceptors (Lipinski definition) is 5. The molecule has 1 saturated heterocycles. The van der Waals surface area contributed by atoms with Gasteiger partial charge in [-0.2, -0.15) is 0 Å². The Labute approximate surface area is 187 Å². The van der Waals surface area contributed by atoms with Gasteiger partial charge >= 0.3 is 13.1 Å². The largest absolute Gasteiger partial charge is 0.496 e. The third kappa shape index (κ3) is 4.71. The maximum atomic E-state index is 13.2. The summed E-state index contributed by atoms with van der Waals surface area (Å²) < 4.78 is 17.5. The van der Waals surface area contributed by atoms with Crippen LogP contribution in [-0.2, 0) is 14.1 Å². The number of carboxylic acid groups (broad SMARTS) is 1. The molecule has 0 spiro atoms. The second kappa shape index (κ2) is 8.53. The summed E-state index contributed by atoms with van der Waals surface area (Å²) in [5, 5.41) is 9.32. The number of ether oxygens (including phenoxy) is 1. The standard InChI is InChI=1S/C22H25BClNO6/c1-21(2)22(3,4)31-23(30-21)15-12-14(10-11-16(15)24)20(28)25(5)17-8-6-7-9-18(17)29-13-19(26)27/h6-12H,13H2,1-5H3,(H,26,27). The lowest BCUT2D eigenvalue weighted by molar-refractivity contribution is -0.139. The summed E-state index contributed by atoms with van der Waals surface area (Å²) in [5.41, 5.74) is 0.302. The lowest BCUT2D eigenvalue weighted by Crippen LogP contribution is -2.41. The van der Waals surface area contributed by atoms with Gasteiger partial charge in [-0.05, 0) is 58.0 Å². The van der Waals surface area contributed by atoms with Crippen molar-refractivity contribution < 1.29 is 28.7 Å². The molecule has 3 rings (SSSR count). The Morgan fingerprint density at radius 1 is 1.10 bits per heavy atom. The predicted octanol–water partition coefficient (Wildman–Crippen LogP) is 3.38. The number of carboxylic acids is 1. The van der Waals surface area contributed by atoms with E-state index < -0.39 is 30.9 Å². The molecule has 7 nitrogen and oxygen atoms in total. The van der Waals surface area contributed by atoms with Gasteiger partial charge in [-0.1, -0.05) is 23.7 Å². The number of carbonyl (C=O) groups is 2. The molecule has 9 heteroatoms. The zero-order valence-electron chi connectivity index (χ0n) is 18.1. The normalized spacial score (nSPS) is 16.8. The van der Waals surface area contributed by atoms with Gasteiger partial charge in [-0.15, -0.1) is 0 Å². The summed E-state index contributed by atoms with van der Waals surface area (Å²) in [6, 6.07) is 11.7. The van der Waals surface area contributed by atoms with Gasteiger partial charge in [0.2, 0.25) is 0 Å². The molecule has 0 aromatic heterocycles. The lowest BCUT2D eigenvalue weighted by atomic mass is 9.78. The smallest absolute Gasteiger partial charge is 0.480 e. The summed E-state index contributed by atoms with van der Waals surface area (Å²) in [5.74, 6) is -1.13. The zero-order valence-corrected chi connectivity index (χ0v) is 18.9. The number of hydrogen-bond donors (Lipinski definition) is 1. The Morgan fingerprint density at radius 2 is 1.71 bits per heavy atom. The molecule has 0 saturated carbocycles. The second-order valence-corrected chi connectivity index (χ2v) is 8.75. The van der Waals surface area contributed by atoms with Gasteiger partial charge in [0.15, 0.2) is 6.61 Å². The van der Waals surface area contributed by atoms with Crippen molar-refractivity contribution in [3.05, 3.63) is 53.1 Å². The van der Waals surface area contributed by atoms with E-state index in [-0.39, 0.29) is 5.91 Å². The molecule has 0 unspecified atom stereocenters. The number of nitrogens with zero attached hydrogens (tertiary/aromatic N) is 1. The van der Waals surface area contributed by atoms with E-state index in [2.05, 4.69) is 0 Å². The number of benzene rings is 2. The first kappa shape index (κ1) is 23.1. The van der Waals surface area contributed by atoms with E-state index in [1.165, 1.54) is 4.90 Å². The van der Waals surface area contributed by atoms with Crippen molar-refractivity contribution in [2.75, 3.05) is 18.6 Å². The van der Waals surface area contributed by atoms with Crippen molar-refractivity contribution in [2.45, 2.75) is 38.9 Å².